The summed E-state index contributed by atoms with van der Waals surface area (Å²) >= 11 is 3.62. The Kier molecular flexibility index (Phi) is 9.75. The number of anilines is 5. The molecule has 13 heteroatoms. The van der Waals surface area contributed by atoms with Gasteiger partial charge in [0.1, 0.15) is 18.7 Å². The predicted octanol–water partition coefficient (Wildman–Crippen LogP) is 6.65. The van der Waals surface area contributed by atoms with Gasteiger partial charge < -0.3 is 30.2 Å². The normalized spacial score (nSPS) is 18.3. The Bertz CT molecular complexity index is 1920. The SMILES string of the molecule is COc1cc(N2CCN(C3CC4(CCNCC4)C3)CC2)c(-c2cnn(C)c2)cc1Nc1ncc(Br)c(Nc2ccc(C)c(C)c2P(C)(C)=O)n1. The number of ether oxygens (including phenoxy) is 1. The molecule has 0 unspecified atom stereocenters. The van der Waals surface area contributed by atoms with Crippen LogP contribution in [0.5, 0.6) is 5.75 Å². The number of methoxy groups -OCH3 is 1. The van der Waals surface area contributed by atoms with Gasteiger partial charge in [-0.15, -0.1) is 0 Å². The minimum absolute atomic E-state index is 0.404. The first-order valence-corrected chi connectivity index (χ1v) is 21.0. The van der Waals surface area contributed by atoms with E-state index in [1.165, 1.54) is 38.8 Å². The van der Waals surface area contributed by atoms with Crippen molar-refractivity contribution in [3.05, 3.63) is 58.5 Å². The molecule has 1 aliphatic carbocycles. The maximum absolute atomic E-state index is 13.4. The van der Waals surface area contributed by atoms with Gasteiger partial charge in [-0.3, -0.25) is 9.58 Å². The number of rotatable bonds is 9. The van der Waals surface area contributed by atoms with Gasteiger partial charge in [-0.25, -0.2) is 4.98 Å². The summed E-state index contributed by atoms with van der Waals surface area (Å²) in [5, 5.41) is 15.7. The summed E-state index contributed by atoms with van der Waals surface area (Å²) in [7, 11) is 1.06. The van der Waals surface area contributed by atoms with Crippen LogP contribution in [0.25, 0.3) is 11.1 Å². The van der Waals surface area contributed by atoms with Crippen molar-refractivity contribution in [3.63, 3.8) is 0 Å². The first kappa shape index (κ1) is 35.0. The maximum atomic E-state index is 13.4. The van der Waals surface area contributed by atoms with Gasteiger partial charge in [0, 0.05) is 79.8 Å². The molecule has 266 valence electrons. The number of halogens is 1. The van der Waals surface area contributed by atoms with E-state index in [9.17, 15) is 4.57 Å². The van der Waals surface area contributed by atoms with Crippen LogP contribution in [0, 0.1) is 19.3 Å². The number of nitrogens with zero attached hydrogens (tertiary/aromatic N) is 6. The van der Waals surface area contributed by atoms with Gasteiger partial charge in [-0.2, -0.15) is 10.1 Å². The molecule has 3 N–H and O–H groups in total. The van der Waals surface area contributed by atoms with Crippen LogP contribution in [0.4, 0.5) is 28.8 Å². The van der Waals surface area contributed by atoms with Gasteiger partial charge in [-0.05, 0) is 111 Å². The Labute approximate surface area is 304 Å². The Morgan fingerprint density at radius 2 is 1.76 bits per heavy atom. The zero-order valence-corrected chi connectivity index (χ0v) is 32.5. The highest BCUT2D eigenvalue weighted by Gasteiger charge is 2.47. The molecule has 50 heavy (non-hydrogen) atoms. The molecule has 0 atom stereocenters. The van der Waals surface area contributed by atoms with E-state index in [-0.39, 0.29) is 0 Å². The predicted molar refractivity (Wildman–Crippen MR) is 208 cm³/mol. The fourth-order valence-electron chi connectivity index (χ4n) is 8.14. The minimum Gasteiger partial charge on any atom is -0.494 e. The Balaban J connectivity index is 1.14. The third kappa shape index (κ3) is 7.04. The van der Waals surface area contributed by atoms with Crippen LogP contribution in [0.3, 0.4) is 0 Å². The van der Waals surface area contributed by atoms with Crippen LogP contribution in [0.1, 0.15) is 36.8 Å². The number of piperidine rings is 1. The lowest BCUT2D eigenvalue weighted by molar-refractivity contribution is -0.0224. The zero-order chi connectivity index (χ0) is 35.2. The van der Waals surface area contributed by atoms with E-state index in [1.54, 1.807) is 26.6 Å². The van der Waals surface area contributed by atoms with E-state index < -0.39 is 7.14 Å². The van der Waals surface area contributed by atoms with E-state index in [2.05, 4.69) is 70.1 Å². The number of hydrogen-bond acceptors (Lipinski definition) is 10. The summed E-state index contributed by atoms with van der Waals surface area (Å²) < 4.78 is 21.9. The number of aromatic nitrogens is 4. The summed E-state index contributed by atoms with van der Waals surface area (Å²) in [6.07, 6.45) is 11.0. The van der Waals surface area contributed by atoms with E-state index in [0.717, 1.165) is 76.8 Å². The van der Waals surface area contributed by atoms with Crippen molar-refractivity contribution in [1.82, 2.24) is 30.0 Å². The topological polar surface area (TPSA) is 112 Å². The van der Waals surface area contributed by atoms with Crippen molar-refractivity contribution < 1.29 is 9.30 Å². The number of aryl methyl sites for hydroxylation is 2. The van der Waals surface area contributed by atoms with E-state index in [1.807, 2.05) is 43.9 Å². The molecule has 3 aliphatic rings. The molecule has 2 saturated heterocycles. The van der Waals surface area contributed by atoms with Gasteiger partial charge in [-0.1, -0.05) is 6.07 Å². The molecule has 1 spiro atoms. The molecule has 4 aromatic rings. The van der Waals surface area contributed by atoms with Crippen LogP contribution in [0.2, 0.25) is 0 Å². The van der Waals surface area contributed by atoms with Gasteiger partial charge in [0.05, 0.1) is 29.2 Å². The van der Waals surface area contributed by atoms with Crippen LogP contribution in [0.15, 0.2) is 47.3 Å². The first-order valence-electron chi connectivity index (χ1n) is 17.6. The lowest BCUT2D eigenvalue weighted by Crippen LogP contribution is -2.58. The Morgan fingerprint density at radius 1 is 1.02 bits per heavy atom. The molecule has 0 radical (unpaired) electrons. The number of piperazine rings is 1. The molecule has 0 amide bonds. The maximum Gasteiger partial charge on any atom is 0.229 e. The van der Waals surface area contributed by atoms with Crippen molar-refractivity contribution in [2.45, 2.75) is 45.6 Å². The number of hydrogen-bond donors (Lipinski definition) is 3. The Morgan fingerprint density at radius 3 is 2.42 bits per heavy atom. The molecule has 0 bridgehead atoms. The van der Waals surface area contributed by atoms with Gasteiger partial charge in [0.2, 0.25) is 5.95 Å². The molecular weight excluding hydrogens is 713 g/mol. The molecule has 3 fully saturated rings. The van der Waals surface area contributed by atoms with Crippen molar-refractivity contribution >= 4 is 57.2 Å². The van der Waals surface area contributed by atoms with E-state index in [4.69, 9.17) is 9.72 Å². The third-order valence-corrected chi connectivity index (χ3v) is 13.2. The van der Waals surface area contributed by atoms with Crippen LogP contribution in [-0.2, 0) is 11.6 Å². The lowest BCUT2D eigenvalue weighted by Gasteiger charge is -2.55. The standard InChI is InChI=1S/C37H49BrN9O2P/c1-24-7-8-30(34(25(24)2)50(5,6)48)42-35-29(38)22-40-36(44-35)43-31-17-28(26-21-41-45(3)23-26)32(18-33(31)49-4)47-15-13-46(14-16-47)27-19-37(20-27)9-11-39-12-10-37/h7-8,17-18,21-23,27,39H,9-16,19-20H2,1-6H3,(H2,40,42,43,44). The summed E-state index contributed by atoms with van der Waals surface area (Å²) in [6.45, 7) is 14.0. The minimum atomic E-state index is -2.58. The van der Waals surface area contributed by atoms with Crippen molar-refractivity contribution in [2.24, 2.45) is 12.5 Å². The second kappa shape index (κ2) is 13.9. The average molecular weight is 763 g/mol. The molecule has 2 aliphatic heterocycles. The van der Waals surface area contributed by atoms with E-state index in [0.29, 0.717) is 27.4 Å². The van der Waals surface area contributed by atoms with Gasteiger partial charge in [0.15, 0.2) is 0 Å². The lowest BCUT2D eigenvalue weighted by atomic mass is 9.60. The van der Waals surface area contributed by atoms with Gasteiger partial charge >= 0.3 is 0 Å². The van der Waals surface area contributed by atoms with Gasteiger partial charge in [0.25, 0.3) is 0 Å². The quantitative estimate of drug-likeness (QED) is 0.160. The second-order valence-corrected chi connectivity index (χ2v) is 18.7. The number of nitrogens with one attached hydrogen (secondary N) is 3. The zero-order valence-electron chi connectivity index (χ0n) is 30.0. The van der Waals surface area contributed by atoms with E-state index >= 15 is 0 Å². The van der Waals surface area contributed by atoms with Crippen molar-refractivity contribution in [2.75, 3.05) is 75.2 Å². The Hall–Kier alpha value is -3.44. The van der Waals surface area contributed by atoms with Crippen LogP contribution in [-0.4, -0.2) is 90.4 Å². The molecule has 4 heterocycles. The summed E-state index contributed by atoms with van der Waals surface area (Å²) in [4.78, 5) is 14.6. The molecular formula is C37H49BrN9O2P. The van der Waals surface area contributed by atoms with Crippen LogP contribution < -0.4 is 30.9 Å². The molecule has 1 saturated carbocycles. The third-order valence-electron chi connectivity index (χ3n) is 11.0. The number of benzene rings is 2. The molecule has 2 aromatic heterocycles. The van der Waals surface area contributed by atoms with Crippen molar-refractivity contribution in [3.8, 4) is 16.9 Å². The molecule has 11 nitrogen and oxygen atoms in total. The molecule has 2 aromatic carbocycles. The smallest absolute Gasteiger partial charge is 0.229 e. The fourth-order valence-corrected chi connectivity index (χ4v) is 10.1. The fraction of sp³-hybridized carbons (Fsp3) is 0.486. The summed E-state index contributed by atoms with van der Waals surface area (Å²) in [5.74, 6) is 1.68. The summed E-state index contributed by atoms with van der Waals surface area (Å²) in [5.41, 5.74) is 7.48. The highest BCUT2D eigenvalue weighted by atomic mass is 79.9. The highest BCUT2D eigenvalue weighted by Crippen LogP contribution is 2.50. The summed E-state index contributed by atoms with van der Waals surface area (Å²) in [6, 6.07) is 8.98. The average Bonchev–Trinajstić information content (AvgIpc) is 3.52. The first-order chi connectivity index (χ1) is 23.9. The largest absolute Gasteiger partial charge is 0.494 e. The van der Waals surface area contributed by atoms with Crippen LogP contribution >= 0.6 is 23.1 Å². The second-order valence-electron chi connectivity index (χ2n) is 14.7. The van der Waals surface area contributed by atoms with Crippen molar-refractivity contribution in [1.29, 1.82) is 0 Å². The molecule has 7 rings (SSSR count). The monoisotopic (exact) mass is 761 g/mol. The highest BCUT2D eigenvalue weighted by molar-refractivity contribution is 9.10.